The number of carbonyl (C=O) groups excluding carboxylic acids is 2. The van der Waals surface area contributed by atoms with Crippen LogP contribution in [0, 0.1) is 0 Å². The largest absolute Gasteiger partial charge is 0.496 e. The molecule has 6 nitrogen and oxygen atoms in total. The highest BCUT2D eigenvalue weighted by atomic mass is 79.9. The van der Waals surface area contributed by atoms with Crippen LogP contribution in [-0.2, 0) is 6.42 Å². The Labute approximate surface area is 232 Å². The summed E-state index contributed by atoms with van der Waals surface area (Å²) in [6.45, 7) is 0. The smallest absolute Gasteiger partial charge is 0.259 e. The normalized spacial score (nSPS) is 10.5. The summed E-state index contributed by atoms with van der Waals surface area (Å²) in [5, 5.41) is 5.82. The van der Waals surface area contributed by atoms with Gasteiger partial charge in [0.1, 0.15) is 11.5 Å². The molecule has 0 radical (unpaired) electrons. The first kappa shape index (κ1) is 26.4. The second-order valence-electron chi connectivity index (χ2n) is 8.17. The molecule has 0 aliphatic carbocycles. The minimum absolute atomic E-state index is 0.246. The topological polar surface area (TPSA) is 76.7 Å². The van der Waals surface area contributed by atoms with Crippen LogP contribution in [0.1, 0.15) is 31.8 Å². The summed E-state index contributed by atoms with van der Waals surface area (Å²) < 4.78 is 12.2. The molecule has 0 aliphatic rings. The van der Waals surface area contributed by atoms with E-state index < -0.39 is 0 Å². The van der Waals surface area contributed by atoms with Crippen LogP contribution in [0.25, 0.3) is 0 Å². The number of methoxy groups -OCH3 is 2. The average molecular weight is 624 g/mol. The Morgan fingerprint density at radius 3 is 1.35 bits per heavy atom. The van der Waals surface area contributed by atoms with Gasteiger partial charge in [0.25, 0.3) is 11.8 Å². The highest BCUT2D eigenvalue weighted by Gasteiger charge is 2.14. The Balaban J connectivity index is 1.37. The predicted molar refractivity (Wildman–Crippen MR) is 153 cm³/mol. The number of benzene rings is 4. The third-order valence-corrected chi connectivity index (χ3v) is 6.63. The van der Waals surface area contributed by atoms with Crippen LogP contribution in [0.2, 0.25) is 0 Å². The van der Waals surface area contributed by atoms with E-state index in [9.17, 15) is 9.59 Å². The van der Waals surface area contributed by atoms with Gasteiger partial charge >= 0.3 is 0 Å². The van der Waals surface area contributed by atoms with E-state index in [2.05, 4.69) is 42.5 Å². The summed E-state index contributed by atoms with van der Waals surface area (Å²) in [5.41, 5.74) is 4.47. The van der Waals surface area contributed by atoms with Gasteiger partial charge in [0.2, 0.25) is 0 Å². The van der Waals surface area contributed by atoms with E-state index in [1.165, 1.54) is 14.2 Å². The molecule has 4 rings (SSSR count). The van der Waals surface area contributed by atoms with E-state index in [1.54, 1.807) is 24.3 Å². The van der Waals surface area contributed by atoms with Crippen LogP contribution in [0.5, 0.6) is 11.5 Å². The number of hydrogen-bond donors (Lipinski definition) is 2. The van der Waals surface area contributed by atoms with Crippen LogP contribution in [-0.4, -0.2) is 26.0 Å². The van der Waals surface area contributed by atoms with E-state index in [0.29, 0.717) is 40.4 Å². The Morgan fingerprint density at radius 2 is 1.00 bits per heavy atom. The van der Waals surface area contributed by atoms with Gasteiger partial charge in [-0.15, -0.1) is 0 Å². The number of anilines is 2. The Morgan fingerprint density at radius 1 is 0.622 bits per heavy atom. The third kappa shape index (κ3) is 6.78. The monoisotopic (exact) mass is 622 g/mol. The van der Waals surface area contributed by atoms with Crippen LogP contribution >= 0.6 is 31.9 Å². The first-order valence-corrected chi connectivity index (χ1v) is 12.9. The SMILES string of the molecule is COc1ccc(Br)cc1C(=O)Nc1ccc(Cc2ccc(NC(=O)c3cc(Br)ccc3OC)cc2)cc1. The van der Waals surface area contributed by atoms with Crippen molar-refractivity contribution in [1.82, 2.24) is 0 Å². The number of ether oxygens (including phenoxy) is 2. The molecule has 0 atom stereocenters. The highest BCUT2D eigenvalue weighted by molar-refractivity contribution is 9.10. The second-order valence-corrected chi connectivity index (χ2v) is 10.00. The van der Waals surface area contributed by atoms with Crippen molar-refractivity contribution >= 4 is 55.0 Å². The quantitative estimate of drug-likeness (QED) is 0.216. The lowest BCUT2D eigenvalue weighted by Gasteiger charge is -2.11. The number of carbonyl (C=O) groups is 2. The zero-order chi connectivity index (χ0) is 26.4. The van der Waals surface area contributed by atoms with Crippen molar-refractivity contribution in [2.75, 3.05) is 24.9 Å². The molecule has 4 aromatic carbocycles. The minimum atomic E-state index is -0.246. The molecule has 0 fully saturated rings. The molecular weight excluding hydrogens is 600 g/mol. The fourth-order valence-corrected chi connectivity index (χ4v) is 4.48. The molecule has 0 heterocycles. The van der Waals surface area contributed by atoms with Crippen molar-refractivity contribution in [3.05, 3.63) is 116 Å². The van der Waals surface area contributed by atoms with Gasteiger partial charge in [-0.1, -0.05) is 56.1 Å². The molecule has 0 bridgehead atoms. The van der Waals surface area contributed by atoms with E-state index >= 15 is 0 Å². The molecule has 2 N–H and O–H groups in total. The first-order valence-electron chi connectivity index (χ1n) is 11.3. The second kappa shape index (κ2) is 12.1. The summed E-state index contributed by atoms with van der Waals surface area (Å²) in [7, 11) is 3.07. The van der Waals surface area contributed by atoms with Gasteiger partial charge in [0, 0.05) is 20.3 Å². The van der Waals surface area contributed by atoms with Gasteiger partial charge in [-0.3, -0.25) is 9.59 Å². The summed E-state index contributed by atoms with van der Waals surface area (Å²) in [5.74, 6) is 0.522. The molecule has 4 aromatic rings. The molecule has 0 unspecified atom stereocenters. The van der Waals surface area contributed by atoms with E-state index in [-0.39, 0.29) is 11.8 Å². The molecule has 0 spiro atoms. The van der Waals surface area contributed by atoms with E-state index in [4.69, 9.17) is 9.47 Å². The fourth-order valence-electron chi connectivity index (χ4n) is 3.76. The summed E-state index contributed by atoms with van der Waals surface area (Å²) >= 11 is 6.78. The van der Waals surface area contributed by atoms with Gasteiger partial charge in [0.05, 0.1) is 25.3 Å². The summed E-state index contributed by atoms with van der Waals surface area (Å²) in [6.07, 6.45) is 0.710. The molecule has 0 saturated carbocycles. The minimum Gasteiger partial charge on any atom is -0.496 e. The summed E-state index contributed by atoms with van der Waals surface area (Å²) in [4.78, 5) is 25.4. The zero-order valence-corrected chi connectivity index (χ0v) is 23.4. The van der Waals surface area contributed by atoms with Gasteiger partial charge < -0.3 is 20.1 Å². The number of nitrogens with one attached hydrogen (secondary N) is 2. The molecule has 0 saturated heterocycles. The highest BCUT2D eigenvalue weighted by Crippen LogP contribution is 2.26. The van der Waals surface area contributed by atoms with Gasteiger partial charge in [0.15, 0.2) is 0 Å². The Bertz CT molecular complexity index is 1310. The predicted octanol–water partition coefficient (Wildman–Crippen LogP) is 7.32. The molecular formula is C29H24Br2N2O4. The maximum atomic E-state index is 12.7. The lowest BCUT2D eigenvalue weighted by Crippen LogP contribution is -2.13. The molecule has 2 amide bonds. The standard InChI is InChI=1S/C29H24Br2N2O4/c1-36-26-13-7-20(30)16-24(26)28(34)32-22-9-3-18(4-10-22)15-19-5-11-23(12-6-19)33-29(35)25-17-21(31)8-14-27(25)37-2/h3-14,16-17H,15H2,1-2H3,(H,32,34)(H,33,35). The number of rotatable bonds is 8. The Kier molecular flexibility index (Phi) is 8.63. The van der Waals surface area contributed by atoms with E-state index in [0.717, 1.165) is 20.1 Å². The first-order chi connectivity index (χ1) is 17.9. The van der Waals surface area contributed by atoms with Crippen LogP contribution in [0.4, 0.5) is 11.4 Å². The maximum absolute atomic E-state index is 12.7. The molecule has 0 aromatic heterocycles. The molecule has 8 heteroatoms. The van der Waals surface area contributed by atoms with Crippen molar-refractivity contribution in [2.45, 2.75) is 6.42 Å². The molecule has 37 heavy (non-hydrogen) atoms. The number of halogens is 2. The maximum Gasteiger partial charge on any atom is 0.259 e. The zero-order valence-electron chi connectivity index (χ0n) is 20.2. The molecule has 188 valence electrons. The van der Waals surface area contributed by atoms with Gasteiger partial charge in [-0.2, -0.15) is 0 Å². The summed E-state index contributed by atoms with van der Waals surface area (Å²) in [6, 6.07) is 26.0. The van der Waals surface area contributed by atoms with E-state index in [1.807, 2.05) is 60.7 Å². The van der Waals surface area contributed by atoms with Crippen molar-refractivity contribution in [3.8, 4) is 11.5 Å². The van der Waals surface area contributed by atoms with Crippen molar-refractivity contribution in [2.24, 2.45) is 0 Å². The van der Waals surface area contributed by atoms with Crippen LogP contribution in [0.15, 0.2) is 93.9 Å². The fraction of sp³-hybridized carbons (Fsp3) is 0.103. The Hall–Kier alpha value is -3.62. The van der Waals surface area contributed by atoms with Crippen LogP contribution in [0.3, 0.4) is 0 Å². The van der Waals surface area contributed by atoms with Gasteiger partial charge in [-0.05, 0) is 78.2 Å². The van der Waals surface area contributed by atoms with Crippen LogP contribution < -0.4 is 20.1 Å². The molecule has 0 aliphatic heterocycles. The van der Waals surface area contributed by atoms with Crippen molar-refractivity contribution in [1.29, 1.82) is 0 Å². The lowest BCUT2D eigenvalue weighted by atomic mass is 10.0. The lowest BCUT2D eigenvalue weighted by molar-refractivity contribution is 0.101. The number of amides is 2. The average Bonchev–Trinajstić information content (AvgIpc) is 2.90. The third-order valence-electron chi connectivity index (χ3n) is 5.64. The van der Waals surface area contributed by atoms with Crippen molar-refractivity contribution < 1.29 is 19.1 Å². The van der Waals surface area contributed by atoms with Crippen molar-refractivity contribution in [3.63, 3.8) is 0 Å². The number of hydrogen-bond acceptors (Lipinski definition) is 4. The van der Waals surface area contributed by atoms with Gasteiger partial charge in [-0.25, -0.2) is 0 Å².